The predicted octanol–water partition coefficient (Wildman–Crippen LogP) is -0.455. The van der Waals surface area contributed by atoms with Crippen molar-refractivity contribution in [3.8, 4) is 0 Å². The average Bonchev–Trinajstić information content (AvgIpc) is 1.86. The van der Waals surface area contributed by atoms with Gasteiger partial charge in [-0.15, -0.1) is 0 Å². The molecule has 4 N–H and O–H groups in total. The molecule has 1 rings (SSSR count). The molecule has 0 aromatic rings. The van der Waals surface area contributed by atoms with E-state index < -0.39 is 10.0 Å². The molecule has 1 fully saturated rings. The average molecular weight is 178 g/mol. The van der Waals surface area contributed by atoms with Gasteiger partial charge in [0, 0.05) is 6.04 Å². The van der Waals surface area contributed by atoms with Crippen molar-refractivity contribution in [2.75, 3.05) is 0 Å². The van der Waals surface area contributed by atoms with Gasteiger partial charge in [0.05, 0.1) is 5.25 Å². The molecule has 0 aromatic heterocycles. The largest absolute Gasteiger partial charge is 0.328 e. The van der Waals surface area contributed by atoms with Gasteiger partial charge >= 0.3 is 0 Å². The molecule has 1 saturated carbocycles. The van der Waals surface area contributed by atoms with Gasteiger partial charge in [0.15, 0.2) is 0 Å². The molecule has 0 atom stereocenters. The van der Waals surface area contributed by atoms with Crippen molar-refractivity contribution in [2.24, 2.45) is 10.9 Å². The van der Waals surface area contributed by atoms with E-state index in [0.717, 1.165) is 12.8 Å². The van der Waals surface area contributed by atoms with E-state index in [0.29, 0.717) is 12.8 Å². The maximum absolute atomic E-state index is 10.8. The number of sulfonamides is 1. The molecule has 0 aromatic carbocycles. The first kappa shape index (κ1) is 8.96. The van der Waals surface area contributed by atoms with Crippen LogP contribution in [0.1, 0.15) is 25.7 Å². The van der Waals surface area contributed by atoms with Crippen LogP contribution in [0.25, 0.3) is 0 Å². The molecular weight excluding hydrogens is 164 g/mol. The van der Waals surface area contributed by atoms with Gasteiger partial charge in [-0.1, -0.05) is 0 Å². The molecule has 4 nitrogen and oxygen atoms in total. The predicted molar refractivity (Wildman–Crippen MR) is 43.3 cm³/mol. The van der Waals surface area contributed by atoms with Crippen LogP contribution in [0.4, 0.5) is 0 Å². The fourth-order valence-corrected chi connectivity index (χ4v) is 2.35. The van der Waals surface area contributed by atoms with Crippen LogP contribution < -0.4 is 10.9 Å². The zero-order valence-electron chi connectivity index (χ0n) is 6.36. The summed E-state index contributed by atoms with van der Waals surface area (Å²) in [5.41, 5.74) is 5.60. The standard InChI is InChI=1S/C6H14N2O2S/c7-5-1-3-6(4-2-5)11(8,9)10/h5-6H,1-4,7H2,(H2,8,9,10). The van der Waals surface area contributed by atoms with E-state index >= 15 is 0 Å². The molecular formula is C6H14N2O2S. The Labute approximate surface area is 67.0 Å². The van der Waals surface area contributed by atoms with Crippen LogP contribution in [0.3, 0.4) is 0 Å². The second kappa shape index (κ2) is 3.08. The maximum Gasteiger partial charge on any atom is 0.211 e. The Kier molecular flexibility index (Phi) is 2.51. The van der Waals surface area contributed by atoms with Gasteiger partial charge in [-0.05, 0) is 25.7 Å². The van der Waals surface area contributed by atoms with Crippen molar-refractivity contribution < 1.29 is 8.42 Å². The van der Waals surface area contributed by atoms with E-state index in [2.05, 4.69) is 0 Å². The van der Waals surface area contributed by atoms with Crippen LogP contribution in [0, 0.1) is 0 Å². The monoisotopic (exact) mass is 178 g/mol. The third-order valence-electron chi connectivity index (χ3n) is 2.18. The number of nitrogens with two attached hydrogens (primary N) is 2. The van der Waals surface area contributed by atoms with Gasteiger partial charge in [0.1, 0.15) is 0 Å². The van der Waals surface area contributed by atoms with Crippen molar-refractivity contribution >= 4 is 10.0 Å². The van der Waals surface area contributed by atoms with E-state index in [1.165, 1.54) is 0 Å². The van der Waals surface area contributed by atoms with Crippen LogP contribution in [0.5, 0.6) is 0 Å². The summed E-state index contributed by atoms with van der Waals surface area (Å²) in [6, 6.07) is 0.174. The smallest absolute Gasteiger partial charge is 0.211 e. The summed E-state index contributed by atoms with van der Waals surface area (Å²) in [7, 11) is -3.30. The lowest BCUT2D eigenvalue weighted by Gasteiger charge is -2.23. The Morgan fingerprint density at radius 1 is 1.09 bits per heavy atom. The van der Waals surface area contributed by atoms with Gasteiger partial charge < -0.3 is 5.73 Å². The highest BCUT2D eigenvalue weighted by molar-refractivity contribution is 7.89. The SMILES string of the molecule is NC1CCC(S(N)(=O)=O)CC1. The van der Waals surface area contributed by atoms with Crippen LogP contribution in [-0.2, 0) is 10.0 Å². The van der Waals surface area contributed by atoms with Gasteiger partial charge in [-0.25, -0.2) is 13.6 Å². The molecule has 66 valence electrons. The van der Waals surface area contributed by atoms with E-state index in [-0.39, 0.29) is 11.3 Å². The minimum Gasteiger partial charge on any atom is -0.328 e. The molecule has 0 saturated heterocycles. The fraction of sp³-hybridized carbons (Fsp3) is 1.00. The van der Waals surface area contributed by atoms with Crippen LogP contribution in [0.15, 0.2) is 0 Å². The lowest BCUT2D eigenvalue weighted by molar-refractivity contribution is 0.434. The van der Waals surface area contributed by atoms with Crippen LogP contribution in [0.2, 0.25) is 0 Å². The van der Waals surface area contributed by atoms with Gasteiger partial charge in [-0.2, -0.15) is 0 Å². The molecule has 11 heavy (non-hydrogen) atoms. The number of rotatable bonds is 1. The first-order valence-electron chi connectivity index (χ1n) is 3.77. The number of hydrogen-bond acceptors (Lipinski definition) is 3. The summed E-state index contributed by atoms with van der Waals surface area (Å²) in [4.78, 5) is 0. The van der Waals surface area contributed by atoms with Gasteiger partial charge in [0.2, 0.25) is 10.0 Å². The fourth-order valence-electron chi connectivity index (χ4n) is 1.42. The molecule has 1 aliphatic carbocycles. The molecule has 0 bridgehead atoms. The summed E-state index contributed by atoms with van der Waals surface area (Å²) >= 11 is 0. The topological polar surface area (TPSA) is 86.2 Å². The van der Waals surface area contributed by atoms with Crippen LogP contribution >= 0.6 is 0 Å². The highest BCUT2D eigenvalue weighted by Gasteiger charge is 2.26. The molecule has 0 unspecified atom stereocenters. The minimum atomic E-state index is -3.30. The van der Waals surface area contributed by atoms with E-state index in [9.17, 15) is 8.42 Å². The third-order valence-corrected chi connectivity index (χ3v) is 3.58. The molecule has 1 aliphatic rings. The van der Waals surface area contributed by atoms with E-state index in [1.807, 2.05) is 0 Å². The Hall–Kier alpha value is -0.130. The molecule has 0 amide bonds. The molecule has 0 aliphatic heterocycles. The van der Waals surface area contributed by atoms with Gasteiger partial charge in [-0.3, -0.25) is 0 Å². The zero-order chi connectivity index (χ0) is 8.48. The highest BCUT2D eigenvalue weighted by atomic mass is 32.2. The lowest BCUT2D eigenvalue weighted by Crippen LogP contribution is -2.36. The number of hydrogen-bond donors (Lipinski definition) is 2. The second-order valence-electron chi connectivity index (χ2n) is 3.13. The van der Waals surface area contributed by atoms with Crippen molar-refractivity contribution in [1.82, 2.24) is 0 Å². The molecule has 0 heterocycles. The minimum absolute atomic E-state index is 0.174. The highest BCUT2D eigenvalue weighted by Crippen LogP contribution is 2.21. The van der Waals surface area contributed by atoms with Crippen molar-refractivity contribution in [1.29, 1.82) is 0 Å². The van der Waals surface area contributed by atoms with E-state index in [4.69, 9.17) is 10.9 Å². The van der Waals surface area contributed by atoms with Gasteiger partial charge in [0.25, 0.3) is 0 Å². The third kappa shape index (κ3) is 2.43. The van der Waals surface area contributed by atoms with Crippen LogP contribution in [-0.4, -0.2) is 19.7 Å². The lowest BCUT2D eigenvalue weighted by atomic mass is 9.96. The summed E-state index contributed by atoms with van der Waals surface area (Å²) in [6.45, 7) is 0. The van der Waals surface area contributed by atoms with Crippen molar-refractivity contribution in [3.63, 3.8) is 0 Å². The maximum atomic E-state index is 10.8. The van der Waals surface area contributed by atoms with Crippen molar-refractivity contribution in [3.05, 3.63) is 0 Å². The normalized spacial score (nSPS) is 33.6. The summed E-state index contributed by atoms with van der Waals surface area (Å²) < 4.78 is 21.7. The Balaban J connectivity index is 2.53. The summed E-state index contributed by atoms with van der Waals surface area (Å²) in [5.74, 6) is 0. The molecule has 0 radical (unpaired) electrons. The summed E-state index contributed by atoms with van der Waals surface area (Å²) in [6.07, 6.45) is 2.81. The first-order valence-corrected chi connectivity index (χ1v) is 5.38. The Morgan fingerprint density at radius 2 is 1.55 bits per heavy atom. The zero-order valence-corrected chi connectivity index (χ0v) is 7.18. The number of primary sulfonamides is 1. The Bertz CT molecular complexity index is 217. The summed E-state index contributed by atoms with van der Waals surface area (Å²) in [5, 5.41) is 4.64. The Morgan fingerprint density at radius 3 is 1.91 bits per heavy atom. The molecule has 5 heteroatoms. The van der Waals surface area contributed by atoms with Crippen molar-refractivity contribution in [2.45, 2.75) is 37.0 Å². The second-order valence-corrected chi connectivity index (χ2v) is 4.97. The quantitative estimate of drug-likeness (QED) is 0.570. The molecule has 0 spiro atoms. The van der Waals surface area contributed by atoms with E-state index in [1.54, 1.807) is 0 Å². The first-order chi connectivity index (χ1) is 5.00.